The number of ether oxygens (including phenoxy) is 1. The molecule has 2 aromatic carbocycles. The molecule has 0 heterocycles. The number of hydrogen-bond donors (Lipinski definition) is 1. The molecule has 0 aliphatic rings. The van der Waals surface area contributed by atoms with Gasteiger partial charge >= 0.3 is 0 Å². The Morgan fingerprint density at radius 1 is 1.05 bits per heavy atom. The van der Waals surface area contributed by atoms with E-state index in [-0.39, 0.29) is 0 Å². The third-order valence-electron chi connectivity index (χ3n) is 3.22. The molecule has 0 spiro atoms. The number of methoxy groups -OCH3 is 1. The molecule has 0 amide bonds. The van der Waals surface area contributed by atoms with Gasteiger partial charge in [-0.2, -0.15) is 0 Å². The van der Waals surface area contributed by atoms with E-state index in [1.807, 2.05) is 55.5 Å². The van der Waals surface area contributed by atoms with Crippen molar-refractivity contribution < 1.29 is 9.84 Å². The molecule has 0 fully saturated rings. The van der Waals surface area contributed by atoms with E-state index in [1.54, 1.807) is 7.11 Å². The molecule has 3 heteroatoms. The van der Waals surface area contributed by atoms with Gasteiger partial charge in [0.2, 0.25) is 0 Å². The fraction of sp³-hybridized carbons (Fsp3) is 0.294. The molecular weight excluding hydrogens is 316 g/mol. The third kappa shape index (κ3) is 4.36. The SMILES string of the molecule is COc1ccc(CC(C)(O)Cc2cccc(Br)c2)cc1. The first-order valence-electron chi connectivity index (χ1n) is 6.58. The Kier molecular flexibility index (Phi) is 4.84. The zero-order chi connectivity index (χ0) is 14.6. The minimum Gasteiger partial charge on any atom is -0.497 e. The first kappa shape index (κ1) is 15.1. The molecule has 0 bridgehead atoms. The van der Waals surface area contributed by atoms with E-state index in [1.165, 1.54) is 0 Å². The monoisotopic (exact) mass is 334 g/mol. The zero-order valence-corrected chi connectivity index (χ0v) is 13.4. The van der Waals surface area contributed by atoms with Gasteiger partial charge in [-0.1, -0.05) is 40.2 Å². The number of aliphatic hydroxyl groups is 1. The molecule has 1 atom stereocenters. The van der Waals surface area contributed by atoms with Gasteiger partial charge in [-0.3, -0.25) is 0 Å². The molecule has 2 aromatic rings. The maximum Gasteiger partial charge on any atom is 0.118 e. The van der Waals surface area contributed by atoms with E-state index in [9.17, 15) is 5.11 Å². The maximum atomic E-state index is 10.6. The highest BCUT2D eigenvalue weighted by atomic mass is 79.9. The lowest BCUT2D eigenvalue weighted by Gasteiger charge is -2.23. The minimum atomic E-state index is -0.768. The van der Waals surface area contributed by atoms with E-state index in [2.05, 4.69) is 15.9 Å². The van der Waals surface area contributed by atoms with Gasteiger partial charge in [0.1, 0.15) is 5.75 Å². The Hall–Kier alpha value is -1.32. The Labute approximate surface area is 128 Å². The molecule has 2 rings (SSSR count). The van der Waals surface area contributed by atoms with Crippen LogP contribution in [0.2, 0.25) is 0 Å². The van der Waals surface area contributed by atoms with Gasteiger partial charge in [-0.15, -0.1) is 0 Å². The van der Waals surface area contributed by atoms with E-state index < -0.39 is 5.60 Å². The number of benzene rings is 2. The minimum absolute atomic E-state index is 0.615. The molecule has 0 aromatic heterocycles. The van der Waals surface area contributed by atoms with Gasteiger partial charge in [-0.05, 0) is 42.3 Å². The fourth-order valence-corrected chi connectivity index (χ4v) is 2.78. The van der Waals surface area contributed by atoms with Crippen LogP contribution in [0.5, 0.6) is 5.75 Å². The standard InChI is InChI=1S/C17H19BrO2/c1-17(19,12-14-4-3-5-15(18)10-14)11-13-6-8-16(20-2)9-7-13/h3-10,19H,11-12H2,1-2H3. The van der Waals surface area contributed by atoms with Crippen molar-refractivity contribution in [3.63, 3.8) is 0 Å². The molecule has 0 radical (unpaired) electrons. The normalized spacial score (nSPS) is 13.8. The van der Waals surface area contributed by atoms with Crippen LogP contribution in [-0.4, -0.2) is 17.8 Å². The van der Waals surface area contributed by atoms with Crippen LogP contribution in [0.4, 0.5) is 0 Å². The highest BCUT2D eigenvalue weighted by Gasteiger charge is 2.21. The lowest BCUT2D eigenvalue weighted by atomic mass is 9.90. The lowest BCUT2D eigenvalue weighted by Crippen LogP contribution is -2.30. The van der Waals surface area contributed by atoms with Crippen molar-refractivity contribution in [2.45, 2.75) is 25.4 Å². The summed E-state index contributed by atoms with van der Waals surface area (Å²) in [5.41, 5.74) is 1.46. The molecule has 0 saturated carbocycles. The molecule has 20 heavy (non-hydrogen) atoms. The predicted octanol–water partition coefficient (Wildman–Crippen LogP) is 3.99. The highest BCUT2D eigenvalue weighted by Crippen LogP contribution is 2.22. The Bertz CT molecular complexity index is 561. The summed E-state index contributed by atoms with van der Waals surface area (Å²) >= 11 is 3.46. The van der Waals surface area contributed by atoms with Gasteiger partial charge in [0.25, 0.3) is 0 Å². The van der Waals surface area contributed by atoms with Gasteiger partial charge < -0.3 is 9.84 Å². The van der Waals surface area contributed by atoms with E-state index >= 15 is 0 Å². The topological polar surface area (TPSA) is 29.5 Å². The first-order valence-corrected chi connectivity index (χ1v) is 7.37. The third-order valence-corrected chi connectivity index (χ3v) is 3.71. The smallest absolute Gasteiger partial charge is 0.118 e. The van der Waals surface area contributed by atoms with Crippen molar-refractivity contribution in [3.8, 4) is 5.75 Å². The molecule has 1 N–H and O–H groups in total. The maximum absolute atomic E-state index is 10.6. The second kappa shape index (κ2) is 6.42. The van der Waals surface area contributed by atoms with Crippen molar-refractivity contribution in [3.05, 3.63) is 64.1 Å². The van der Waals surface area contributed by atoms with Gasteiger partial charge in [-0.25, -0.2) is 0 Å². The molecule has 0 saturated heterocycles. The summed E-state index contributed by atoms with van der Waals surface area (Å²) in [5, 5.41) is 10.6. The summed E-state index contributed by atoms with van der Waals surface area (Å²) in [6, 6.07) is 15.9. The van der Waals surface area contributed by atoms with Crippen molar-refractivity contribution >= 4 is 15.9 Å². The quantitative estimate of drug-likeness (QED) is 0.895. The molecule has 1 unspecified atom stereocenters. The van der Waals surface area contributed by atoms with Crippen LogP contribution in [-0.2, 0) is 12.8 Å². The summed E-state index contributed by atoms with van der Waals surface area (Å²) in [6.45, 7) is 1.87. The van der Waals surface area contributed by atoms with Crippen LogP contribution in [0.25, 0.3) is 0 Å². The van der Waals surface area contributed by atoms with Crippen molar-refractivity contribution in [1.82, 2.24) is 0 Å². The van der Waals surface area contributed by atoms with Crippen molar-refractivity contribution in [2.24, 2.45) is 0 Å². The summed E-state index contributed by atoms with van der Waals surface area (Å²) < 4.78 is 6.18. The molecule has 0 aliphatic carbocycles. The van der Waals surface area contributed by atoms with E-state index in [0.29, 0.717) is 12.8 Å². The van der Waals surface area contributed by atoms with E-state index in [0.717, 1.165) is 21.3 Å². The lowest BCUT2D eigenvalue weighted by molar-refractivity contribution is 0.0608. The van der Waals surface area contributed by atoms with Crippen LogP contribution in [0.1, 0.15) is 18.1 Å². The number of hydrogen-bond acceptors (Lipinski definition) is 2. The van der Waals surface area contributed by atoms with Gasteiger partial charge in [0.05, 0.1) is 12.7 Å². The molecule has 0 aliphatic heterocycles. The highest BCUT2D eigenvalue weighted by molar-refractivity contribution is 9.10. The summed E-state index contributed by atoms with van der Waals surface area (Å²) in [5.74, 6) is 0.834. The summed E-state index contributed by atoms with van der Waals surface area (Å²) in [7, 11) is 1.65. The van der Waals surface area contributed by atoms with Crippen LogP contribution in [0.3, 0.4) is 0 Å². The van der Waals surface area contributed by atoms with Crippen LogP contribution >= 0.6 is 15.9 Å². The second-order valence-corrected chi connectivity index (χ2v) is 6.24. The van der Waals surface area contributed by atoms with Crippen LogP contribution in [0, 0.1) is 0 Å². The molecular formula is C17H19BrO2. The number of rotatable bonds is 5. The second-order valence-electron chi connectivity index (χ2n) is 5.33. The van der Waals surface area contributed by atoms with Crippen molar-refractivity contribution in [2.75, 3.05) is 7.11 Å². The van der Waals surface area contributed by atoms with Crippen LogP contribution in [0.15, 0.2) is 53.0 Å². The Balaban J connectivity index is 2.06. The van der Waals surface area contributed by atoms with Crippen LogP contribution < -0.4 is 4.74 Å². The van der Waals surface area contributed by atoms with Gasteiger partial charge in [0.15, 0.2) is 0 Å². The van der Waals surface area contributed by atoms with Gasteiger partial charge in [0, 0.05) is 17.3 Å². The zero-order valence-electron chi connectivity index (χ0n) is 11.8. The predicted molar refractivity (Wildman–Crippen MR) is 85.2 cm³/mol. The molecule has 106 valence electrons. The van der Waals surface area contributed by atoms with E-state index in [4.69, 9.17) is 4.74 Å². The number of halogens is 1. The van der Waals surface area contributed by atoms with Crippen molar-refractivity contribution in [1.29, 1.82) is 0 Å². The summed E-state index contributed by atoms with van der Waals surface area (Å²) in [4.78, 5) is 0. The average molecular weight is 335 g/mol. The Morgan fingerprint density at radius 3 is 2.30 bits per heavy atom. The molecule has 2 nitrogen and oxygen atoms in total. The summed E-state index contributed by atoms with van der Waals surface area (Å²) in [6.07, 6.45) is 1.24. The fourth-order valence-electron chi connectivity index (χ4n) is 2.33. The average Bonchev–Trinajstić information content (AvgIpc) is 2.38. The Morgan fingerprint density at radius 2 is 1.70 bits per heavy atom. The first-order chi connectivity index (χ1) is 9.48. The largest absolute Gasteiger partial charge is 0.497 e.